The van der Waals surface area contributed by atoms with E-state index in [1.807, 2.05) is 0 Å². The first kappa shape index (κ1) is 16.6. The zero-order valence-corrected chi connectivity index (χ0v) is 12.9. The topological polar surface area (TPSA) is 94.8 Å². The van der Waals surface area contributed by atoms with Crippen LogP contribution >= 0.6 is 0 Å². The standard InChI is InChI=1S/C16H18O5S/c1-2-15(13-9-5-3-6-10-13,14-11-7-4-8-12-14)16(17,18)22(19,20)21/h3-12,17-18H,2H2,1H3,(H,19,20,21). The lowest BCUT2D eigenvalue weighted by Crippen LogP contribution is -2.57. The van der Waals surface area contributed by atoms with E-state index >= 15 is 0 Å². The van der Waals surface area contributed by atoms with Gasteiger partial charge in [0.2, 0.25) is 0 Å². The van der Waals surface area contributed by atoms with Gasteiger partial charge in [0, 0.05) is 0 Å². The van der Waals surface area contributed by atoms with Gasteiger partial charge >= 0.3 is 15.2 Å². The van der Waals surface area contributed by atoms with Crippen molar-refractivity contribution in [3.05, 3.63) is 71.8 Å². The highest BCUT2D eigenvalue weighted by Gasteiger charge is 2.59. The van der Waals surface area contributed by atoms with E-state index in [-0.39, 0.29) is 6.42 Å². The predicted octanol–water partition coefficient (Wildman–Crippen LogP) is 1.91. The van der Waals surface area contributed by atoms with E-state index < -0.39 is 20.7 Å². The van der Waals surface area contributed by atoms with Gasteiger partial charge in [-0.1, -0.05) is 67.6 Å². The van der Waals surface area contributed by atoms with E-state index in [4.69, 9.17) is 0 Å². The Kier molecular flexibility index (Phi) is 4.39. The van der Waals surface area contributed by atoms with Crippen molar-refractivity contribution in [2.45, 2.75) is 23.9 Å². The minimum Gasteiger partial charge on any atom is -0.351 e. The Morgan fingerprint density at radius 1 is 0.864 bits per heavy atom. The lowest BCUT2D eigenvalue weighted by molar-refractivity contribution is -0.137. The van der Waals surface area contributed by atoms with Gasteiger partial charge < -0.3 is 10.2 Å². The quantitative estimate of drug-likeness (QED) is 0.577. The molecule has 0 aliphatic carbocycles. The van der Waals surface area contributed by atoms with Crippen LogP contribution in [0.15, 0.2) is 60.7 Å². The summed E-state index contributed by atoms with van der Waals surface area (Å²) in [5, 5.41) is 17.4. The first-order chi connectivity index (χ1) is 10.3. The Bertz CT molecular complexity index is 684. The van der Waals surface area contributed by atoms with Gasteiger partial charge in [0.15, 0.2) is 0 Å². The van der Waals surface area contributed by atoms with Gasteiger partial charge in [0.05, 0.1) is 5.41 Å². The third-order valence-corrected chi connectivity index (χ3v) is 5.05. The van der Waals surface area contributed by atoms with Crippen molar-refractivity contribution >= 4 is 10.1 Å². The fourth-order valence-electron chi connectivity index (χ4n) is 2.85. The van der Waals surface area contributed by atoms with Crippen molar-refractivity contribution in [2.24, 2.45) is 0 Å². The second kappa shape index (κ2) is 5.81. The molecule has 118 valence electrons. The van der Waals surface area contributed by atoms with Crippen LogP contribution in [0.3, 0.4) is 0 Å². The SMILES string of the molecule is CCC(c1ccccc1)(c1ccccc1)C(O)(O)S(=O)(=O)O. The van der Waals surface area contributed by atoms with Crippen LogP contribution in [0.5, 0.6) is 0 Å². The molecule has 0 amide bonds. The molecule has 0 bridgehead atoms. The Morgan fingerprint density at radius 2 is 1.23 bits per heavy atom. The molecule has 0 saturated carbocycles. The van der Waals surface area contributed by atoms with Crippen molar-refractivity contribution in [1.82, 2.24) is 0 Å². The summed E-state index contributed by atoms with van der Waals surface area (Å²) < 4.78 is 32.7. The van der Waals surface area contributed by atoms with Crippen LogP contribution in [0.2, 0.25) is 0 Å². The van der Waals surface area contributed by atoms with E-state index in [1.54, 1.807) is 67.6 Å². The Labute approximate surface area is 129 Å². The zero-order valence-electron chi connectivity index (χ0n) is 12.0. The van der Waals surface area contributed by atoms with Gasteiger partial charge in [-0.05, 0) is 17.5 Å². The van der Waals surface area contributed by atoms with Crippen molar-refractivity contribution in [1.29, 1.82) is 0 Å². The van der Waals surface area contributed by atoms with E-state index in [0.29, 0.717) is 11.1 Å². The normalized spacial score (nSPS) is 13.1. The molecule has 2 aromatic rings. The maximum Gasteiger partial charge on any atom is 0.322 e. The number of hydrogen-bond acceptors (Lipinski definition) is 4. The first-order valence-corrected chi connectivity index (χ1v) is 8.24. The summed E-state index contributed by atoms with van der Waals surface area (Å²) in [6, 6.07) is 16.5. The summed E-state index contributed by atoms with van der Waals surface area (Å²) in [5.41, 5.74) is -0.957. The fraction of sp³-hybridized carbons (Fsp3) is 0.250. The van der Waals surface area contributed by atoms with Crippen LogP contribution in [0.1, 0.15) is 24.5 Å². The second-order valence-electron chi connectivity index (χ2n) is 5.07. The average Bonchev–Trinajstić information content (AvgIpc) is 2.49. The highest BCUT2D eigenvalue weighted by Crippen LogP contribution is 2.45. The molecule has 0 unspecified atom stereocenters. The van der Waals surface area contributed by atoms with Crippen molar-refractivity contribution in [3.63, 3.8) is 0 Å². The third-order valence-electron chi connectivity index (χ3n) is 3.98. The summed E-state index contributed by atoms with van der Waals surface area (Å²) in [4.78, 5) is 0. The maximum atomic E-state index is 11.7. The smallest absolute Gasteiger partial charge is 0.322 e. The second-order valence-corrected chi connectivity index (χ2v) is 6.59. The molecule has 0 aliphatic rings. The lowest BCUT2D eigenvalue weighted by Gasteiger charge is -2.41. The molecule has 22 heavy (non-hydrogen) atoms. The van der Waals surface area contributed by atoms with E-state index in [2.05, 4.69) is 0 Å². The molecule has 3 N–H and O–H groups in total. The van der Waals surface area contributed by atoms with Gasteiger partial charge in [-0.25, -0.2) is 0 Å². The van der Waals surface area contributed by atoms with Gasteiger partial charge in [0.1, 0.15) is 0 Å². The Morgan fingerprint density at radius 3 is 1.50 bits per heavy atom. The van der Waals surface area contributed by atoms with Gasteiger partial charge in [-0.2, -0.15) is 8.42 Å². The van der Waals surface area contributed by atoms with Crippen LogP contribution in [-0.2, 0) is 15.5 Å². The van der Waals surface area contributed by atoms with Crippen LogP contribution in [0, 0.1) is 0 Å². The van der Waals surface area contributed by atoms with Crippen LogP contribution in [0.25, 0.3) is 0 Å². The average molecular weight is 322 g/mol. The van der Waals surface area contributed by atoms with E-state index in [0.717, 1.165) is 0 Å². The molecule has 0 atom stereocenters. The Balaban J connectivity index is 2.86. The highest BCUT2D eigenvalue weighted by atomic mass is 32.2. The van der Waals surface area contributed by atoms with Crippen LogP contribution in [0.4, 0.5) is 0 Å². The summed E-state index contributed by atoms with van der Waals surface area (Å²) in [5.74, 6) is 0. The number of rotatable bonds is 5. The Hall–Kier alpha value is -1.73. The minimum atomic E-state index is -5.16. The molecule has 0 heterocycles. The maximum absolute atomic E-state index is 11.7. The molecule has 0 radical (unpaired) electrons. The molecule has 2 aromatic carbocycles. The van der Waals surface area contributed by atoms with Gasteiger partial charge in [0.25, 0.3) is 0 Å². The lowest BCUT2D eigenvalue weighted by atomic mass is 9.71. The van der Waals surface area contributed by atoms with Crippen molar-refractivity contribution in [2.75, 3.05) is 0 Å². The van der Waals surface area contributed by atoms with E-state index in [9.17, 15) is 23.2 Å². The largest absolute Gasteiger partial charge is 0.351 e. The molecule has 0 spiro atoms. The summed E-state index contributed by atoms with van der Waals surface area (Å²) in [7, 11) is -5.16. The molecule has 6 heteroatoms. The summed E-state index contributed by atoms with van der Waals surface area (Å²) in [6.07, 6.45) is 0.0494. The molecule has 5 nitrogen and oxygen atoms in total. The van der Waals surface area contributed by atoms with Crippen LogP contribution in [-0.4, -0.2) is 28.3 Å². The predicted molar refractivity (Wildman–Crippen MR) is 82.7 cm³/mol. The monoisotopic (exact) mass is 322 g/mol. The van der Waals surface area contributed by atoms with E-state index in [1.165, 1.54) is 0 Å². The molecule has 0 fully saturated rings. The molecule has 0 saturated heterocycles. The van der Waals surface area contributed by atoms with Gasteiger partial charge in [-0.3, -0.25) is 4.55 Å². The minimum absolute atomic E-state index is 0.0494. The third kappa shape index (κ3) is 2.44. The molecular formula is C16H18O5S. The highest BCUT2D eigenvalue weighted by molar-refractivity contribution is 7.86. The summed E-state index contributed by atoms with van der Waals surface area (Å²) in [6.45, 7) is 1.63. The number of hydrogen-bond donors (Lipinski definition) is 3. The first-order valence-electron chi connectivity index (χ1n) is 6.80. The molecule has 0 aromatic heterocycles. The number of aliphatic hydroxyl groups is 2. The van der Waals surface area contributed by atoms with Gasteiger partial charge in [-0.15, -0.1) is 0 Å². The zero-order chi connectivity index (χ0) is 16.4. The molecular weight excluding hydrogens is 304 g/mol. The fourth-order valence-corrected chi connectivity index (χ4v) is 3.67. The number of benzene rings is 2. The molecule has 0 aliphatic heterocycles. The summed E-state index contributed by atoms with van der Waals surface area (Å²) >= 11 is 0. The van der Waals surface area contributed by atoms with Crippen LogP contribution < -0.4 is 0 Å². The van der Waals surface area contributed by atoms with Crippen molar-refractivity contribution < 1.29 is 23.2 Å². The molecule has 2 rings (SSSR count). The van der Waals surface area contributed by atoms with Crippen molar-refractivity contribution in [3.8, 4) is 0 Å².